The smallest absolute Gasteiger partial charge is 0.338 e. The maximum atomic E-state index is 12.9. The van der Waals surface area contributed by atoms with Crippen molar-refractivity contribution in [2.75, 3.05) is 6.54 Å². The minimum Gasteiger partial charge on any atom is -0.338 e. The molecular formula is C12H18F3N3O. The van der Waals surface area contributed by atoms with Crippen molar-refractivity contribution in [3.8, 4) is 0 Å². The molecule has 7 heteroatoms. The molecule has 1 aliphatic rings. The summed E-state index contributed by atoms with van der Waals surface area (Å²) in [5, 5.41) is 3.77. The number of aromatic nitrogens is 2. The molecule has 0 amide bonds. The van der Waals surface area contributed by atoms with E-state index >= 15 is 0 Å². The summed E-state index contributed by atoms with van der Waals surface area (Å²) in [4.78, 5) is 5.52. The second kappa shape index (κ2) is 5.48. The molecule has 1 aliphatic heterocycles. The first-order chi connectivity index (χ1) is 8.88. The molecule has 0 unspecified atom stereocenters. The van der Waals surface area contributed by atoms with E-state index in [4.69, 9.17) is 4.52 Å². The highest BCUT2D eigenvalue weighted by Crippen LogP contribution is 2.32. The molecule has 1 atom stereocenters. The maximum Gasteiger partial charge on any atom is 0.404 e. The normalized spacial score (nSPS) is 22.1. The summed E-state index contributed by atoms with van der Waals surface area (Å²) in [6.07, 6.45) is -2.66. The summed E-state index contributed by atoms with van der Waals surface area (Å²) in [5.74, 6) is 0.910. The fourth-order valence-corrected chi connectivity index (χ4v) is 2.29. The number of likely N-dealkylation sites (tertiary alicyclic amines) is 1. The molecule has 0 spiro atoms. The number of alkyl halides is 3. The van der Waals surface area contributed by atoms with E-state index in [-0.39, 0.29) is 24.8 Å². The van der Waals surface area contributed by atoms with Gasteiger partial charge in [-0.25, -0.2) is 0 Å². The van der Waals surface area contributed by atoms with E-state index < -0.39 is 12.2 Å². The van der Waals surface area contributed by atoms with Crippen LogP contribution in [0.1, 0.15) is 50.7 Å². The van der Waals surface area contributed by atoms with Gasteiger partial charge in [-0.15, -0.1) is 0 Å². The van der Waals surface area contributed by atoms with Gasteiger partial charge in [0.2, 0.25) is 5.89 Å². The van der Waals surface area contributed by atoms with Crippen molar-refractivity contribution in [1.29, 1.82) is 0 Å². The van der Waals surface area contributed by atoms with Gasteiger partial charge in [0.05, 0.1) is 6.54 Å². The first kappa shape index (κ1) is 14.3. The Labute approximate surface area is 110 Å². The lowest BCUT2D eigenvalue weighted by Gasteiger charge is -2.35. The average Bonchev–Trinajstić information content (AvgIpc) is 2.77. The van der Waals surface area contributed by atoms with E-state index in [1.807, 2.05) is 13.8 Å². The van der Waals surface area contributed by atoms with Crippen molar-refractivity contribution in [3.63, 3.8) is 0 Å². The van der Waals surface area contributed by atoms with Gasteiger partial charge in [0.15, 0.2) is 5.82 Å². The van der Waals surface area contributed by atoms with Gasteiger partial charge in [-0.05, 0) is 19.4 Å². The van der Waals surface area contributed by atoms with Gasteiger partial charge >= 0.3 is 6.18 Å². The van der Waals surface area contributed by atoms with Crippen LogP contribution >= 0.6 is 0 Å². The predicted molar refractivity (Wildman–Crippen MR) is 62.5 cm³/mol. The van der Waals surface area contributed by atoms with Crippen molar-refractivity contribution in [2.24, 2.45) is 0 Å². The van der Waals surface area contributed by atoms with E-state index in [1.165, 1.54) is 4.90 Å². The van der Waals surface area contributed by atoms with E-state index in [1.54, 1.807) is 0 Å². The molecule has 0 bridgehead atoms. The van der Waals surface area contributed by atoms with E-state index in [0.717, 1.165) is 6.42 Å². The van der Waals surface area contributed by atoms with Crippen molar-refractivity contribution >= 4 is 0 Å². The zero-order chi connectivity index (χ0) is 14.0. The van der Waals surface area contributed by atoms with Crippen LogP contribution in [0.3, 0.4) is 0 Å². The molecule has 2 rings (SSSR count). The molecule has 1 aromatic heterocycles. The van der Waals surface area contributed by atoms with Gasteiger partial charge in [-0.1, -0.05) is 25.4 Å². The Kier molecular flexibility index (Phi) is 4.13. The Balaban J connectivity index is 2.06. The molecule has 0 radical (unpaired) electrons. The zero-order valence-electron chi connectivity index (χ0n) is 11.1. The molecule has 0 aromatic carbocycles. The first-order valence-corrected chi connectivity index (χ1v) is 6.51. The molecule has 2 heterocycles. The number of rotatable bonds is 3. The summed E-state index contributed by atoms with van der Waals surface area (Å²) < 4.78 is 43.8. The Morgan fingerprint density at radius 1 is 1.37 bits per heavy atom. The third-order valence-electron chi connectivity index (χ3n) is 3.33. The standard InChI is InChI=1S/C12H18F3N3O/c1-8(2)11-16-10(19-17-11)7-18-6-4-3-5-9(18)12(13,14)15/h8-9H,3-7H2,1-2H3/t9-/m1/s1. The van der Waals surface area contributed by atoms with E-state index in [0.29, 0.717) is 18.8 Å². The highest BCUT2D eigenvalue weighted by atomic mass is 19.4. The lowest BCUT2D eigenvalue weighted by Crippen LogP contribution is -2.48. The van der Waals surface area contributed by atoms with Crippen LogP contribution in [0.2, 0.25) is 0 Å². The maximum absolute atomic E-state index is 12.9. The van der Waals surface area contributed by atoms with Gasteiger partial charge in [-0.3, -0.25) is 4.90 Å². The quantitative estimate of drug-likeness (QED) is 0.851. The van der Waals surface area contributed by atoms with E-state index in [2.05, 4.69) is 10.1 Å². The molecule has 108 valence electrons. The summed E-state index contributed by atoms with van der Waals surface area (Å²) in [6.45, 7) is 4.32. The Morgan fingerprint density at radius 3 is 2.68 bits per heavy atom. The summed E-state index contributed by atoms with van der Waals surface area (Å²) in [7, 11) is 0. The van der Waals surface area contributed by atoms with Crippen molar-refractivity contribution in [2.45, 2.75) is 57.8 Å². The molecule has 1 saturated heterocycles. The Morgan fingerprint density at radius 2 is 2.11 bits per heavy atom. The average molecular weight is 277 g/mol. The second-order valence-electron chi connectivity index (χ2n) is 5.22. The summed E-state index contributed by atoms with van der Waals surface area (Å²) in [5.41, 5.74) is 0. The van der Waals surface area contributed by atoms with Crippen LogP contribution in [0.25, 0.3) is 0 Å². The SMILES string of the molecule is CC(C)c1noc(CN2CCCC[C@@H]2C(F)(F)F)n1. The third-order valence-corrected chi connectivity index (χ3v) is 3.33. The number of nitrogens with zero attached hydrogens (tertiary/aromatic N) is 3. The fourth-order valence-electron chi connectivity index (χ4n) is 2.29. The van der Waals surface area contributed by atoms with Gasteiger partial charge in [0, 0.05) is 5.92 Å². The molecule has 1 aromatic rings. The van der Waals surface area contributed by atoms with Crippen LogP contribution in [0.4, 0.5) is 13.2 Å². The topological polar surface area (TPSA) is 42.2 Å². The lowest BCUT2D eigenvalue weighted by atomic mass is 10.0. The van der Waals surface area contributed by atoms with Crippen molar-refractivity contribution in [3.05, 3.63) is 11.7 Å². The van der Waals surface area contributed by atoms with Gasteiger partial charge in [-0.2, -0.15) is 18.2 Å². The van der Waals surface area contributed by atoms with Gasteiger partial charge in [0.25, 0.3) is 0 Å². The summed E-state index contributed by atoms with van der Waals surface area (Å²) >= 11 is 0. The van der Waals surface area contributed by atoms with Crippen LogP contribution in [0.5, 0.6) is 0 Å². The minimum atomic E-state index is -4.19. The zero-order valence-corrected chi connectivity index (χ0v) is 11.1. The van der Waals surface area contributed by atoms with Crippen LogP contribution in [0.15, 0.2) is 4.52 Å². The van der Waals surface area contributed by atoms with Crippen LogP contribution < -0.4 is 0 Å². The van der Waals surface area contributed by atoms with Crippen LogP contribution in [-0.2, 0) is 6.54 Å². The number of hydrogen-bond acceptors (Lipinski definition) is 4. The van der Waals surface area contributed by atoms with Gasteiger partial charge in [0.1, 0.15) is 6.04 Å². The monoisotopic (exact) mass is 277 g/mol. The molecule has 4 nitrogen and oxygen atoms in total. The van der Waals surface area contributed by atoms with Crippen LogP contribution in [0, 0.1) is 0 Å². The summed E-state index contributed by atoms with van der Waals surface area (Å²) in [6, 6.07) is -1.39. The highest BCUT2D eigenvalue weighted by molar-refractivity contribution is 4.93. The number of halogens is 3. The minimum absolute atomic E-state index is 0.0733. The Hall–Kier alpha value is -1.11. The molecule has 0 saturated carbocycles. The predicted octanol–water partition coefficient (Wildman–Crippen LogP) is 3.11. The second-order valence-corrected chi connectivity index (χ2v) is 5.22. The van der Waals surface area contributed by atoms with Crippen LogP contribution in [-0.4, -0.2) is 33.8 Å². The van der Waals surface area contributed by atoms with Gasteiger partial charge < -0.3 is 4.52 Å². The third kappa shape index (κ3) is 3.46. The fraction of sp³-hybridized carbons (Fsp3) is 0.833. The Bertz CT molecular complexity index is 417. The number of piperidine rings is 1. The molecule has 0 aliphatic carbocycles. The largest absolute Gasteiger partial charge is 0.404 e. The molecule has 0 N–H and O–H groups in total. The van der Waals surface area contributed by atoms with Crippen molar-refractivity contribution < 1.29 is 17.7 Å². The molecular weight excluding hydrogens is 259 g/mol. The number of hydrogen-bond donors (Lipinski definition) is 0. The molecule has 1 fully saturated rings. The lowest BCUT2D eigenvalue weighted by molar-refractivity contribution is -0.193. The van der Waals surface area contributed by atoms with E-state index in [9.17, 15) is 13.2 Å². The highest BCUT2D eigenvalue weighted by Gasteiger charge is 2.44. The van der Waals surface area contributed by atoms with Crippen molar-refractivity contribution in [1.82, 2.24) is 15.0 Å². The molecule has 19 heavy (non-hydrogen) atoms. The first-order valence-electron chi connectivity index (χ1n) is 6.51.